The second kappa shape index (κ2) is 5.03. The highest BCUT2D eigenvalue weighted by molar-refractivity contribution is 4.81. The van der Waals surface area contributed by atoms with Crippen LogP contribution < -0.4 is 0 Å². The molecule has 2 heterocycles. The summed E-state index contributed by atoms with van der Waals surface area (Å²) >= 11 is 0. The van der Waals surface area contributed by atoms with E-state index in [1.54, 1.807) is 0 Å². The van der Waals surface area contributed by atoms with Gasteiger partial charge in [-0.25, -0.2) is 0 Å². The zero-order valence-corrected chi connectivity index (χ0v) is 10.1. The van der Waals surface area contributed by atoms with Crippen LogP contribution in [0.3, 0.4) is 0 Å². The van der Waals surface area contributed by atoms with Crippen molar-refractivity contribution in [2.24, 2.45) is 5.92 Å². The minimum absolute atomic E-state index is 0.251. The molecule has 0 bridgehead atoms. The Morgan fingerprint density at radius 1 is 0.875 bits per heavy atom. The van der Waals surface area contributed by atoms with Crippen molar-refractivity contribution in [3.8, 4) is 0 Å². The summed E-state index contributed by atoms with van der Waals surface area (Å²) in [6.07, 6.45) is 11.2. The Kier molecular flexibility index (Phi) is 3.46. The van der Waals surface area contributed by atoms with Gasteiger partial charge in [-0.1, -0.05) is 19.3 Å². The summed E-state index contributed by atoms with van der Waals surface area (Å²) in [6, 6.07) is 0. The van der Waals surface area contributed by atoms with Gasteiger partial charge in [0.2, 0.25) is 0 Å². The first-order chi connectivity index (χ1) is 7.93. The number of fused-ring (bicyclic) bond motifs is 1. The molecule has 0 amide bonds. The van der Waals surface area contributed by atoms with Crippen LogP contribution in [0.1, 0.15) is 51.4 Å². The van der Waals surface area contributed by atoms with Crippen LogP contribution >= 0.6 is 0 Å². The van der Waals surface area contributed by atoms with Crippen LogP contribution in [0.25, 0.3) is 0 Å². The van der Waals surface area contributed by atoms with Crippen molar-refractivity contribution in [3.05, 3.63) is 0 Å². The molecule has 3 nitrogen and oxygen atoms in total. The maximum Gasteiger partial charge on any atom is 0.133 e. The summed E-state index contributed by atoms with van der Waals surface area (Å²) in [6.45, 7) is 2.02. The molecule has 0 N–H and O–H groups in total. The van der Waals surface area contributed by atoms with Gasteiger partial charge in [0.05, 0.1) is 6.10 Å². The number of ether oxygens (including phenoxy) is 1. The molecule has 3 atom stereocenters. The zero-order chi connectivity index (χ0) is 10.8. The molecule has 0 aromatic carbocycles. The Bertz CT molecular complexity index is 214. The lowest BCUT2D eigenvalue weighted by molar-refractivity contribution is -0.250. The Hall–Kier alpha value is -0.120. The van der Waals surface area contributed by atoms with E-state index in [4.69, 9.17) is 9.57 Å². The lowest BCUT2D eigenvalue weighted by atomic mass is 9.98. The highest BCUT2D eigenvalue weighted by atomic mass is 16.7. The minimum atomic E-state index is 0.251. The Labute approximate surface area is 98.0 Å². The summed E-state index contributed by atoms with van der Waals surface area (Å²) in [7, 11) is 0. The summed E-state index contributed by atoms with van der Waals surface area (Å²) in [5, 5.41) is 2.15. The fourth-order valence-electron chi connectivity index (χ4n) is 3.28. The minimum Gasteiger partial charge on any atom is -0.361 e. The van der Waals surface area contributed by atoms with Gasteiger partial charge in [0.15, 0.2) is 0 Å². The van der Waals surface area contributed by atoms with Crippen molar-refractivity contribution < 1.29 is 9.57 Å². The molecule has 0 aromatic heterocycles. The predicted molar refractivity (Wildman–Crippen MR) is 61.7 cm³/mol. The number of hydrogen-bond acceptors (Lipinski definition) is 3. The third-order valence-corrected chi connectivity index (χ3v) is 4.25. The van der Waals surface area contributed by atoms with Crippen molar-refractivity contribution >= 4 is 0 Å². The van der Waals surface area contributed by atoms with E-state index in [1.807, 2.05) is 0 Å². The van der Waals surface area contributed by atoms with Crippen molar-refractivity contribution in [2.45, 2.75) is 63.7 Å². The summed E-state index contributed by atoms with van der Waals surface area (Å²) in [5.41, 5.74) is 0. The fraction of sp³-hybridized carbons (Fsp3) is 1.00. The Morgan fingerprint density at radius 3 is 2.62 bits per heavy atom. The predicted octanol–water partition coefficient (Wildman–Crippen LogP) is 2.71. The van der Waals surface area contributed by atoms with Crippen LogP contribution in [0.4, 0.5) is 0 Å². The van der Waals surface area contributed by atoms with Gasteiger partial charge in [0, 0.05) is 19.1 Å². The standard InChI is InChI=1S/C13H23NO2/c1-2-6-11-10-14(16-12(11)7-3-1)13-8-4-5-9-15-13/h11-13H,1-10H2. The van der Waals surface area contributed by atoms with Gasteiger partial charge < -0.3 is 4.74 Å². The smallest absolute Gasteiger partial charge is 0.133 e. The Morgan fingerprint density at radius 2 is 1.75 bits per heavy atom. The van der Waals surface area contributed by atoms with E-state index in [2.05, 4.69) is 5.06 Å². The van der Waals surface area contributed by atoms with Gasteiger partial charge >= 0.3 is 0 Å². The second-order valence-corrected chi connectivity index (χ2v) is 5.46. The first kappa shape index (κ1) is 11.0. The highest BCUT2D eigenvalue weighted by Gasteiger charge is 2.38. The van der Waals surface area contributed by atoms with E-state index in [-0.39, 0.29) is 6.23 Å². The van der Waals surface area contributed by atoms with E-state index in [0.29, 0.717) is 6.10 Å². The van der Waals surface area contributed by atoms with Crippen LogP contribution in [-0.4, -0.2) is 30.5 Å². The van der Waals surface area contributed by atoms with Crippen molar-refractivity contribution in [3.63, 3.8) is 0 Å². The van der Waals surface area contributed by atoms with Gasteiger partial charge in [-0.05, 0) is 32.1 Å². The molecule has 1 aliphatic carbocycles. The molecule has 2 saturated heterocycles. The van der Waals surface area contributed by atoms with E-state index in [1.165, 1.54) is 44.9 Å². The van der Waals surface area contributed by atoms with Crippen molar-refractivity contribution in [1.82, 2.24) is 5.06 Å². The molecule has 92 valence electrons. The van der Waals surface area contributed by atoms with E-state index in [0.717, 1.165) is 25.5 Å². The third kappa shape index (κ3) is 2.27. The van der Waals surface area contributed by atoms with Crippen molar-refractivity contribution in [1.29, 1.82) is 0 Å². The Balaban J connectivity index is 1.58. The van der Waals surface area contributed by atoms with Gasteiger partial charge in [0.1, 0.15) is 6.23 Å². The molecular weight excluding hydrogens is 202 g/mol. The van der Waals surface area contributed by atoms with E-state index >= 15 is 0 Å². The lowest BCUT2D eigenvalue weighted by Crippen LogP contribution is -2.37. The summed E-state index contributed by atoms with van der Waals surface area (Å²) < 4.78 is 5.80. The lowest BCUT2D eigenvalue weighted by Gasteiger charge is -2.30. The molecule has 0 spiro atoms. The van der Waals surface area contributed by atoms with Gasteiger partial charge in [-0.15, -0.1) is 0 Å². The first-order valence-electron chi connectivity index (χ1n) is 6.98. The average Bonchev–Trinajstić information content (AvgIpc) is 2.62. The molecule has 0 radical (unpaired) electrons. The first-order valence-corrected chi connectivity index (χ1v) is 6.98. The highest BCUT2D eigenvalue weighted by Crippen LogP contribution is 2.34. The van der Waals surface area contributed by atoms with E-state index < -0.39 is 0 Å². The molecule has 3 unspecified atom stereocenters. The molecule has 3 fully saturated rings. The number of rotatable bonds is 1. The summed E-state index contributed by atoms with van der Waals surface area (Å²) in [4.78, 5) is 6.09. The van der Waals surface area contributed by atoms with E-state index in [9.17, 15) is 0 Å². The topological polar surface area (TPSA) is 21.7 Å². The van der Waals surface area contributed by atoms with Crippen LogP contribution in [0.15, 0.2) is 0 Å². The third-order valence-electron chi connectivity index (χ3n) is 4.25. The maximum atomic E-state index is 6.09. The quantitative estimate of drug-likeness (QED) is 0.685. The van der Waals surface area contributed by atoms with Crippen LogP contribution in [0.2, 0.25) is 0 Å². The molecule has 1 saturated carbocycles. The monoisotopic (exact) mass is 225 g/mol. The van der Waals surface area contributed by atoms with Crippen LogP contribution in [-0.2, 0) is 9.57 Å². The largest absolute Gasteiger partial charge is 0.361 e. The zero-order valence-electron chi connectivity index (χ0n) is 10.1. The van der Waals surface area contributed by atoms with Crippen LogP contribution in [0, 0.1) is 5.92 Å². The van der Waals surface area contributed by atoms with Crippen molar-refractivity contribution in [2.75, 3.05) is 13.2 Å². The SMILES string of the molecule is C1CCC2CN(C3CCCCO3)OC2CC1. The number of hydrogen-bond donors (Lipinski definition) is 0. The van der Waals surface area contributed by atoms with Gasteiger partial charge in [-0.2, -0.15) is 5.06 Å². The average molecular weight is 225 g/mol. The molecule has 3 rings (SSSR count). The molecule has 16 heavy (non-hydrogen) atoms. The fourth-order valence-corrected chi connectivity index (χ4v) is 3.28. The molecule has 3 aliphatic rings. The normalized spacial score (nSPS) is 41.6. The maximum absolute atomic E-state index is 6.09. The molecular formula is C13H23NO2. The van der Waals surface area contributed by atoms with Crippen LogP contribution in [0.5, 0.6) is 0 Å². The number of nitrogens with zero attached hydrogens (tertiary/aromatic N) is 1. The molecule has 3 heteroatoms. The number of hydroxylamine groups is 2. The second-order valence-electron chi connectivity index (χ2n) is 5.46. The molecule has 2 aliphatic heterocycles. The summed E-state index contributed by atoms with van der Waals surface area (Å²) in [5.74, 6) is 0.771. The molecule has 0 aromatic rings. The van der Waals surface area contributed by atoms with Gasteiger partial charge in [0.25, 0.3) is 0 Å². The van der Waals surface area contributed by atoms with Gasteiger partial charge in [-0.3, -0.25) is 4.84 Å².